The lowest BCUT2D eigenvalue weighted by molar-refractivity contribution is 0.387. The number of hydrogen-bond donors (Lipinski definition) is 1. The first-order valence-corrected chi connectivity index (χ1v) is 11.3. The first-order valence-electron chi connectivity index (χ1n) is 9.31. The van der Waals surface area contributed by atoms with Crippen molar-refractivity contribution in [2.24, 2.45) is 5.92 Å². The lowest BCUT2D eigenvalue weighted by Gasteiger charge is -2.30. The summed E-state index contributed by atoms with van der Waals surface area (Å²) in [5.41, 5.74) is 2.37. The number of piperidine rings is 1. The Kier molecular flexibility index (Phi) is 5.57. The Morgan fingerprint density at radius 2 is 1.82 bits per heavy atom. The molecule has 0 spiro atoms. The van der Waals surface area contributed by atoms with Crippen LogP contribution in [-0.4, -0.2) is 33.0 Å². The van der Waals surface area contributed by atoms with Gasteiger partial charge in [0.1, 0.15) is 5.52 Å². The number of hydrogen-bond acceptors (Lipinski definition) is 5. The molecular weight excluding hydrogens is 398 g/mol. The van der Waals surface area contributed by atoms with Gasteiger partial charge in [-0.2, -0.15) is 4.98 Å². The van der Waals surface area contributed by atoms with Crippen molar-refractivity contribution in [3.63, 3.8) is 0 Å². The molecule has 8 heteroatoms. The van der Waals surface area contributed by atoms with E-state index < -0.39 is 10.0 Å². The topological polar surface area (TPSA) is 75.4 Å². The van der Waals surface area contributed by atoms with Gasteiger partial charge >= 0.3 is 0 Å². The number of para-hydroxylation sites is 2. The zero-order valence-electron chi connectivity index (χ0n) is 15.3. The van der Waals surface area contributed by atoms with E-state index in [2.05, 4.69) is 14.6 Å². The molecule has 6 nitrogen and oxygen atoms in total. The second-order valence-electron chi connectivity index (χ2n) is 7.13. The number of aromatic nitrogens is 1. The van der Waals surface area contributed by atoms with Gasteiger partial charge < -0.3 is 9.32 Å². The van der Waals surface area contributed by atoms with E-state index in [1.54, 1.807) is 24.3 Å². The van der Waals surface area contributed by atoms with Gasteiger partial charge in [-0.3, -0.25) is 0 Å². The summed E-state index contributed by atoms with van der Waals surface area (Å²) in [6, 6.07) is 15.2. The van der Waals surface area contributed by atoms with Crippen LogP contribution in [0.4, 0.5) is 6.01 Å². The quantitative estimate of drug-likeness (QED) is 0.657. The monoisotopic (exact) mass is 419 g/mol. The number of fused-ring (bicyclic) bond motifs is 1. The van der Waals surface area contributed by atoms with Crippen molar-refractivity contribution >= 4 is 38.7 Å². The van der Waals surface area contributed by atoms with E-state index in [0.29, 0.717) is 23.5 Å². The average molecular weight is 420 g/mol. The number of oxazole rings is 1. The number of nitrogens with one attached hydrogen (secondary N) is 1. The molecule has 1 fully saturated rings. The summed E-state index contributed by atoms with van der Waals surface area (Å²) in [7, 11) is -3.37. The Labute approximate surface area is 169 Å². The number of sulfonamides is 1. The minimum atomic E-state index is -3.37. The van der Waals surface area contributed by atoms with Crippen LogP contribution in [0.5, 0.6) is 0 Å². The van der Waals surface area contributed by atoms with Gasteiger partial charge in [-0.15, -0.1) is 0 Å². The van der Waals surface area contributed by atoms with Gasteiger partial charge in [0.2, 0.25) is 10.0 Å². The van der Waals surface area contributed by atoms with Crippen molar-refractivity contribution in [1.29, 1.82) is 0 Å². The Morgan fingerprint density at radius 1 is 1.11 bits per heavy atom. The minimum Gasteiger partial charge on any atom is -0.423 e. The van der Waals surface area contributed by atoms with Crippen LogP contribution in [0.25, 0.3) is 11.1 Å². The molecule has 1 N–H and O–H groups in total. The maximum absolute atomic E-state index is 12.3. The SMILES string of the molecule is O=S(=O)(Cc1ccc(Cl)cc1)NCC1CCN(c2nc3ccccc3o2)CC1. The molecule has 0 aliphatic carbocycles. The first-order chi connectivity index (χ1) is 13.5. The van der Waals surface area contributed by atoms with Gasteiger partial charge in [-0.1, -0.05) is 35.9 Å². The van der Waals surface area contributed by atoms with Crippen LogP contribution >= 0.6 is 11.6 Å². The van der Waals surface area contributed by atoms with E-state index >= 15 is 0 Å². The maximum atomic E-state index is 12.3. The van der Waals surface area contributed by atoms with Crippen LogP contribution in [-0.2, 0) is 15.8 Å². The molecule has 1 aromatic heterocycles. The minimum absolute atomic E-state index is 0.0358. The molecular formula is C20H22ClN3O3S. The van der Waals surface area contributed by atoms with E-state index in [9.17, 15) is 8.42 Å². The van der Waals surface area contributed by atoms with Crippen LogP contribution in [0.1, 0.15) is 18.4 Å². The third-order valence-corrected chi connectivity index (χ3v) is 6.60. The highest BCUT2D eigenvalue weighted by Gasteiger charge is 2.24. The molecule has 0 unspecified atom stereocenters. The Hall–Kier alpha value is -2.09. The fraction of sp³-hybridized carbons (Fsp3) is 0.350. The Morgan fingerprint density at radius 3 is 2.54 bits per heavy atom. The molecule has 148 valence electrons. The molecule has 3 aromatic rings. The molecule has 2 aromatic carbocycles. The number of nitrogens with zero attached hydrogens (tertiary/aromatic N) is 2. The summed E-state index contributed by atoms with van der Waals surface area (Å²) in [6.45, 7) is 2.06. The molecule has 0 radical (unpaired) electrons. The second kappa shape index (κ2) is 8.11. The number of benzene rings is 2. The van der Waals surface area contributed by atoms with Gasteiger partial charge in [-0.05, 0) is 48.6 Å². The lowest BCUT2D eigenvalue weighted by atomic mass is 9.97. The number of halogens is 1. The van der Waals surface area contributed by atoms with E-state index in [-0.39, 0.29) is 5.75 Å². The van der Waals surface area contributed by atoms with E-state index in [4.69, 9.17) is 16.0 Å². The fourth-order valence-electron chi connectivity index (χ4n) is 3.42. The predicted octanol–water partition coefficient (Wildman–Crippen LogP) is 3.82. The zero-order chi connectivity index (χ0) is 19.6. The van der Waals surface area contributed by atoms with E-state index in [1.807, 2.05) is 24.3 Å². The summed E-state index contributed by atoms with van der Waals surface area (Å²) in [6.07, 6.45) is 1.78. The largest absolute Gasteiger partial charge is 0.423 e. The lowest BCUT2D eigenvalue weighted by Crippen LogP contribution is -2.39. The van der Waals surface area contributed by atoms with Crippen LogP contribution in [0.2, 0.25) is 5.02 Å². The molecule has 28 heavy (non-hydrogen) atoms. The molecule has 0 atom stereocenters. The van der Waals surface area contributed by atoms with Gasteiger partial charge in [0.15, 0.2) is 5.58 Å². The summed E-state index contributed by atoms with van der Waals surface area (Å²) >= 11 is 5.84. The van der Waals surface area contributed by atoms with Crippen molar-refractivity contribution in [3.05, 3.63) is 59.1 Å². The van der Waals surface area contributed by atoms with Gasteiger partial charge in [0.25, 0.3) is 6.01 Å². The summed E-state index contributed by atoms with van der Waals surface area (Å²) in [5.74, 6) is 0.270. The van der Waals surface area contributed by atoms with Crippen molar-refractivity contribution in [3.8, 4) is 0 Å². The third kappa shape index (κ3) is 4.66. The molecule has 4 rings (SSSR count). The summed E-state index contributed by atoms with van der Waals surface area (Å²) in [5, 5.41) is 0.597. The van der Waals surface area contributed by atoms with Crippen LogP contribution in [0.3, 0.4) is 0 Å². The Bertz CT molecular complexity index is 1010. The van der Waals surface area contributed by atoms with E-state index in [1.165, 1.54) is 0 Å². The third-order valence-electron chi connectivity index (χ3n) is 5.03. The summed E-state index contributed by atoms with van der Waals surface area (Å²) < 4.78 is 33.2. The maximum Gasteiger partial charge on any atom is 0.298 e. The van der Waals surface area contributed by atoms with Gasteiger partial charge in [0, 0.05) is 24.7 Å². The second-order valence-corrected chi connectivity index (χ2v) is 9.37. The van der Waals surface area contributed by atoms with Crippen LogP contribution < -0.4 is 9.62 Å². The van der Waals surface area contributed by atoms with Crippen LogP contribution in [0, 0.1) is 5.92 Å². The highest BCUT2D eigenvalue weighted by atomic mass is 35.5. The van der Waals surface area contributed by atoms with E-state index in [0.717, 1.165) is 42.6 Å². The van der Waals surface area contributed by atoms with Gasteiger partial charge in [-0.25, -0.2) is 13.1 Å². The molecule has 0 bridgehead atoms. The molecule has 1 saturated heterocycles. The molecule has 0 amide bonds. The van der Waals surface area contributed by atoms with Crippen molar-refractivity contribution in [2.45, 2.75) is 18.6 Å². The van der Waals surface area contributed by atoms with Crippen LogP contribution in [0.15, 0.2) is 52.9 Å². The molecule has 2 heterocycles. The Balaban J connectivity index is 1.28. The van der Waals surface area contributed by atoms with Crippen molar-refractivity contribution < 1.29 is 12.8 Å². The smallest absolute Gasteiger partial charge is 0.298 e. The first kappa shape index (κ1) is 19.2. The van der Waals surface area contributed by atoms with Crippen molar-refractivity contribution in [1.82, 2.24) is 9.71 Å². The highest BCUT2D eigenvalue weighted by Crippen LogP contribution is 2.26. The summed E-state index contributed by atoms with van der Waals surface area (Å²) in [4.78, 5) is 6.66. The average Bonchev–Trinajstić information content (AvgIpc) is 3.13. The number of rotatable bonds is 6. The predicted molar refractivity (Wildman–Crippen MR) is 111 cm³/mol. The number of anilines is 1. The highest BCUT2D eigenvalue weighted by molar-refractivity contribution is 7.88. The molecule has 1 aliphatic heterocycles. The normalized spacial score (nSPS) is 16.0. The molecule has 1 aliphatic rings. The van der Waals surface area contributed by atoms with Crippen molar-refractivity contribution in [2.75, 3.05) is 24.5 Å². The fourth-order valence-corrected chi connectivity index (χ4v) is 4.77. The van der Waals surface area contributed by atoms with Gasteiger partial charge in [0.05, 0.1) is 5.75 Å². The zero-order valence-corrected chi connectivity index (χ0v) is 16.9. The molecule has 0 saturated carbocycles. The standard InChI is InChI=1S/C20H22ClN3O3S/c21-17-7-5-16(6-8-17)14-28(25,26)22-13-15-9-11-24(12-10-15)20-23-18-3-1-2-4-19(18)27-20/h1-8,15,22H,9-14H2.